The van der Waals surface area contributed by atoms with Gasteiger partial charge in [0.15, 0.2) is 0 Å². The Kier molecular flexibility index (Phi) is 4.86. The molecule has 0 radical (unpaired) electrons. The standard InChI is InChI=1S/C13H22O2/c1-10(2)13(14)15-8-7-12-6-4-5-11(3)9-12/h11-12H,1,4-9H2,2-3H3. The van der Waals surface area contributed by atoms with Crippen LogP contribution >= 0.6 is 0 Å². The smallest absolute Gasteiger partial charge is 0.333 e. The number of ether oxygens (including phenoxy) is 1. The molecule has 1 saturated carbocycles. The summed E-state index contributed by atoms with van der Waals surface area (Å²) in [6.07, 6.45) is 6.31. The van der Waals surface area contributed by atoms with Crippen molar-refractivity contribution >= 4 is 5.97 Å². The van der Waals surface area contributed by atoms with Gasteiger partial charge in [0.05, 0.1) is 6.61 Å². The summed E-state index contributed by atoms with van der Waals surface area (Å²) < 4.78 is 5.10. The van der Waals surface area contributed by atoms with Gasteiger partial charge in [-0.15, -0.1) is 0 Å². The number of carbonyl (C=O) groups is 1. The van der Waals surface area contributed by atoms with Crippen molar-refractivity contribution in [3.8, 4) is 0 Å². The zero-order valence-electron chi connectivity index (χ0n) is 9.92. The van der Waals surface area contributed by atoms with E-state index in [1.54, 1.807) is 6.92 Å². The molecule has 0 aliphatic heterocycles. The van der Waals surface area contributed by atoms with E-state index in [1.165, 1.54) is 25.7 Å². The zero-order chi connectivity index (χ0) is 11.3. The van der Waals surface area contributed by atoms with Gasteiger partial charge in [0.25, 0.3) is 0 Å². The fourth-order valence-electron chi connectivity index (χ4n) is 2.26. The maximum Gasteiger partial charge on any atom is 0.333 e. The van der Waals surface area contributed by atoms with Crippen LogP contribution in [0.4, 0.5) is 0 Å². The maximum absolute atomic E-state index is 11.1. The lowest BCUT2D eigenvalue weighted by Crippen LogP contribution is -2.16. The van der Waals surface area contributed by atoms with E-state index in [2.05, 4.69) is 13.5 Å². The zero-order valence-corrected chi connectivity index (χ0v) is 9.92. The van der Waals surface area contributed by atoms with Crippen molar-refractivity contribution < 1.29 is 9.53 Å². The Hall–Kier alpha value is -0.790. The molecule has 1 fully saturated rings. The van der Waals surface area contributed by atoms with Crippen molar-refractivity contribution in [1.29, 1.82) is 0 Å². The number of hydrogen-bond donors (Lipinski definition) is 0. The van der Waals surface area contributed by atoms with Crippen LogP contribution in [0.3, 0.4) is 0 Å². The Morgan fingerprint density at radius 3 is 2.80 bits per heavy atom. The van der Waals surface area contributed by atoms with Crippen LogP contribution in [-0.2, 0) is 9.53 Å². The first kappa shape index (κ1) is 12.3. The SMILES string of the molecule is C=C(C)C(=O)OCCC1CCCC(C)C1. The second-order valence-corrected chi connectivity index (χ2v) is 4.84. The number of hydrogen-bond acceptors (Lipinski definition) is 2. The normalized spacial score (nSPS) is 26.0. The highest BCUT2D eigenvalue weighted by Gasteiger charge is 2.18. The average molecular weight is 210 g/mol. The van der Waals surface area contributed by atoms with Crippen molar-refractivity contribution in [1.82, 2.24) is 0 Å². The number of carbonyl (C=O) groups excluding carboxylic acids is 1. The molecule has 2 atom stereocenters. The molecule has 0 saturated heterocycles. The Bertz CT molecular complexity index is 233. The second kappa shape index (κ2) is 5.94. The van der Waals surface area contributed by atoms with Crippen molar-refractivity contribution in [2.75, 3.05) is 6.61 Å². The van der Waals surface area contributed by atoms with Crippen LogP contribution in [0.25, 0.3) is 0 Å². The molecular formula is C13H22O2. The third-order valence-electron chi connectivity index (χ3n) is 3.15. The summed E-state index contributed by atoms with van der Waals surface area (Å²) in [7, 11) is 0. The van der Waals surface area contributed by atoms with E-state index in [0.717, 1.165) is 18.3 Å². The van der Waals surface area contributed by atoms with E-state index < -0.39 is 0 Å². The molecule has 0 aromatic carbocycles. The lowest BCUT2D eigenvalue weighted by atomic mass is 9.81. The largest absolute Gasteiger partial charge is 0.462 e. The summed E-state index contributed by atoms with van der Waals surface area (Å²) in [5.41, 5.74) is 0.493. The quantitative estimate of drug-likeness (QED) is 0.525. The van der Waals surface area contributed by atoms with Gasteiger partial charge >= 0.3 is 5.97 Å². The van der Waals surface area contributed by atoms with Crippen LogP contribution in [-0.4, -0.2) is 12.6 Å². The van der Waals surface area contributed by atoms with E-state index in [-0.39, 0.29) is 5.97 Å². The third-order valence-corrected chi connectivity index (χ3v) is 3.15. The molecule has 15 heavy (non-hydrogen) atoms. The highest BCUT2D eigenvalue weighted by atomic mass is 16.5. The van der Waals surface area contributed by atoms with Crippen LogP contribution in [0.1, 0.15) is 46.0 Å². The van der Waals surface area contributed by atoms with Crippen molar-refractivity contribution in [3.05, 3.63) is 12.2 Å². The predicted molar refractivity (Wildman–Crippen MR) is 61.5 cm³/mol. The summed E-state index contributed by atoms with van der Waals surface area (Å²) in [6, 6.07) is 0. The molecule has 2 nitrogen and oxygen atoms in total. The van der Waals surface area contributed by atoms with E-state index in [0.29, 0.717) is 12.2 Å². The average Bonchev–Trinajstić information content (AvgIpc) is 2.17. The molecule has 86 valence electrons. The molecule has 2 unspecified atom stereocenters. The summed E-state index contributed by atoms with van der Waals surface area (Å²) in [4.78, 5) is 11.1. The molecule has 2 heteroatoms. The highest BCUT2D eigenvalue weighted by Crippen LogP contribution is 2.30. The van der Waals surface area contributed by atoms with Crippen LogP contribution in [0.15, 0.2) is 12.2 Å². The van der Waals surface area contributed by atoms with Crippen LogP contribution in [0.5, 0.6) is 0 Å². The lowest BCUT2D eigenvalue weighted by Gasteiger charge is -2.26. The van der Waals surface area contributed by atoms with Gasteiger partial charge in [0, 0.05) is 5.57 Å². The van der Waals surface area contributed by atoms with Crippen molar-refractivity contribution in [2.24, 2.45) is 11.8 Å². The predicted octanol–water partition coefficient (Wildman–Crippen LogP) is 3.32. The molecule has 0 N–H and O–H groups in total. The first-order valence-corrected chi connectivity index (χ1v) is 5.92. The fourth-order valence-corrected chi connectivity index (χ4v) is 2.26. The summed E-state index contributed by atoms with van der Waals surface area (Å²) >= 11 is 0. The van der Waals surface area contributed by atoms with E-state index in [4.69, 9.17) is 4.74 Å². The van der Waals surface area contributed by atoms with E-state index >= 15 is 0 Å². The van der Waals surface area contributed by atoms with Gasteiger partial charge in [0.2, 0.25) is 0 Å². The fraction of sp³-hybridized carbons (Fsp3) is 0.769. The Labute approximate surface area is 92.7 Å². The van der Waals surface area contributed by atoms with Gasteiger partial charge in [-0.1, -0.05) is 32.8 Å². The molecule has 0 aromatic heterocycles. The molecule has 1 rings (SSSR count). The summed E-state index contributed by atoms with van der Waals surface area (Å²) in [6.45, 7) is 8.11. The van der Waals surface area contributed by atoms with Crippen LogP contribution < -0.4 is 0 Å². The Morgan fingerprint density at radius 2 is 2.20 bits per heavy atom. The lowest BCUT2D eigenvalue weighted by molar-refractivity contribution is -0.139. The molecule has 0 amide bonds. The monoisotopic (exact) mass is 210 g/mol. The molecule has 0 aromatic rings. The molecule has 0 heterocycles. The minimum absolute atomic E-state index is 0.251. The van der Waals surface area contributed by atoms with Gasteiger partial charge in [-0.2, -0.15) is 0 Å². The Balaban J connectivity index is 2.14. The van der Waals surface area contributed by atoms with Crippen molar-refractivity contribution in [3.63, 3.8) is 0 Å². The number of rotatable bonds is 4. The molecule has 0 bridgehead atoms. The van der Waals surface area contributed by atoms with Gasteiger partial charge in [-0.25, -0.2) is 4.79 Å². The van der Waals surface area contributed by atoms with Crippen LogP contribution in [0.2, 0.25) is 0 Å². The summed E-state index contributed by atoms with van der Waals surface area (Å²) in [5, 5.41) is 0. The minimum Gasteiger partial charge on any atom is -0.462 e. The van der Waals surface area contributed by atoms with Crippen LogP contribution in [0, 0.1) is 11.8 Å². The summed E-state index contributed by atoms with van der Waals surface area (Å²) in [5.74, 6) is 1.35. The van der Waals surface area contributed by atoms with E-state index in [9.17, 15) is 4.79 Å². The molecule has 1 aliphatic rings. The molecule has 1 aliphatic carbocycles. The first-order chi connectivity index (χ1) is 7.09. The Morgan fingerprint density at radius 1 is 1.47 bits per heavy atom. The van der Waals surface area contributed by atoms with Gasteiger partial charge in [-0.05, 0) is 31.6 Å². The van der Waals surface area contributed by atoms with E-state index in [1.807, 2.05) is 0 Å². The number of esters is 1. The maximum atomic E-state index is 11.1. The van der Waals surface area contributed by atoms with Gasteiger partial charge in [0.1, 0.15) is 0 Å². The first-order valence-electron chi connectivity index (χ1n) is 5.92. The van der Waals surface area contributed by atoms with Gasteiger partial charge < -0.3 is 4.74 Å². The topological polar surface area (TPSA) is 26.3 Å². The highest BCUT2D eigenvalue weighted by molar-refractivity contribution is 5.86. The second-order valence-electron chi connectivity index (χ2n) is 4.84. The molecular weight excluding hydrogens is 188 g/mol. The minimum atomic E-state index is -0.251. The van der Waals surface area contributed by atoms with Crippen molar-refractivity contribution in [2.45, 2.75) is 46.0 Å². The van der Waals surface area contributed by atoms with Gasteiger partial charge in [-0.3, -0.25) is 0 Å². The third kappa shape index (κ3) is 4.50. The molecule has 0 spiro atoms.